The van der Waals surface area contributed by atoms with Gasteiger partial charge in [0, 0.05) is 27.7 Å². The monoisotopic (exact) mass is 640 g/mol. The summed E-state index contributed by atoms with van der Waals surface area (Å²) in [6, 6.07) is 62.4. The van der Waals surface area contributed by atoms with Gasteiger partial charge in [0.2, 0.25) is 0 Å². The van der Waals surface area contributed by atoms with E-state index in [0.717, 1.165) is 61.8 Å². The molecule has 236 valence electrons. The molecule has 1 aliphatic heterocycles. The highest BCUT2D eigenvalue weighted by atomic mass is 15.1. The molecule has 2 aromatic heterocycles. The minimum atomic E-state index is -0.402. The first kappa shape index (κ1) is 28.5. The quantitative estimate of drug-likeness (QED) is 0.184. The van der Waals surface area contributed by atoms with Crippen LogP contribution in [0.2, 0.25) is 0 Å². The van der Waals surface area contributed by atoms with E-state index in [0.29, 0.717) is 0 Å². The predicted octanol–water partition coefficient (Wildman–Crippen LogP) is 11.2. The van der Waals surface area contributed by atoms with Gasteiger partial charge in [-0.3, -0.25) is 9.56 Å². The molecule has 4 heteroatoms. The Kier molecular flexibility index (Phi) is 6.27. The number of hydrogen-bond donors (Lipinski definition) is 0. The van der Waals surface area contributed by atoms with Gasteiger partial charge in [0.1, 0.15) is 5.82 Å². The molecule has 0 spiro atoms. The third kappa shape index (κ3) is 4.12. The predicted molar refractivity (Wildman–Crippen MR) is 206 cm³/mol. The number of aromatic nitrogens is 3. The summed E-state index contributed by atoms with van der Waals surface area (Å²) in [4.78, 5) is 10.6. The minimum Gasteiger partial charge on any atom is -0.309 e. The van der Waals surface area contributed by atoms with Gasteiger partial charge in [0.05, 0.1) is 38.9 Å². The van der Waals surface area contributed by atoms with E-state index < -0.39 is 5.41 Å². The molecule has 4 nitrogen and oxygen atoms in total. The molecular weight excluding hydrogens is 609 g/mol. The SMILES string of the molecule is CC1(c2ccccc2)C(c2ccccc2)=Nc2c1ccc1c2c2ccccc2n1-c1ccc(-c2nc3ccccc3n2-c2ccccc2)cc1. The average molecular weight is 641 g/mol. The van der Waals surface area contributed by atoms with Crippen molar-refractivity contribution in [1.29, 1.82) is 0 Å². The summed E-state index contributed by atoms with van der Waals surface area (Å²) in [7, 11) is 0. The molecule has 0 amide bonds. The van der Waals surface area contributed by atoms with E-state index in [2.05, 4.69) is 180 Å². The summed E-state index contributed by atoms with van der Waals surface area (Å²) in [6.45, 7) is 2.33. The number of fused-ring (bicyclic) bond motifs is 6. The number of aliphatic imine (C=N–C) groups is 1. The van der Waals surface area contributed by atoms with E-state index in [1.54, 1.807) is 0 Å². The molecule has 7 aromatic carbocycles. The largest absolute Gasteiger partial charge is 0.309 e. The molecule has 0 radical (unpaired) electrons. The zero-order chi connectivity index (χ0) is 33.2. The van der Waals surface area contributed by atoms with E-state index in [-0.39, 0.29) is 0 Å². The van der Waals surface area contributed by atoms with Crippen LogP contribution in [0.25, 0.3) is 55.6 Å². The summed E-state index contributed by atoms with van der Waals surface area (Å²) in [5.74, 6) is 0.923. The van der Waals surface area contributed by atoms with E-state index >= 15 is 0 Å². The summed E-state index contributed by atoms with van der Waals surface area (Å²) < 4.78 is 4.63. The lowest BCUT2D eigenvalue weighted by atomic mass is 9.71. The Bertz CT molecular complexity index is 2740. The van der Waals surface area contributed by atoms with E-state index in [1.807, 2.05) is 12.1 Å². The van der Waals surface area contributed by atoms with Crippen LogP contribution in [0.3, 0.4) is 0 Å². The summed E-state index contributed by atoms with van der Waals surface area (Å²) in [6.07, 6.45) is 0. The highest BCUT2D eigenvalue weighted by Crippen LogP contribution is 2.51. The topological polar surface area (TPSA) is 35.1 Å². The van der Waals surface area contributed by atoms with Crippen LogP contribution in [0.4, 0.5) is 5.69 Å². The lowest BCUT2D eigenvalue weighted by Gasteiger charge is -2.29. The van der Waals surface area contributed by atoms with Crippen molar-refractivity contribution in [1.82, 2.24) is 14.1 Å². The average Bonchev–Trinajstić information content (AvgIpc) is 3.84. The summed E-state index contributed by atoms with van der Waals surface area (Å²) in [5, 5.41) is 2.38. The van der Waals surface area contributed by atoms with Crippen molar-refractivity contribution in [3.8, 4) is 22.8 Å². The highest BCUT2D eigenvalue weighted by Gasteiger charge is 2.42. The molecule has 9 aromatic rings. The van der Waals surface area contributed by atoms with Gasteiger partial charge in [-0.05, 0) is 84.3 Å². The van der Waals surface area contributed by atoms with Gasteiger partial charge in [-0.15, -0.1) is 0 Å². The fourth-order valence-corrected chi connectivity index (χ4v) is 8.02. The van der Waals surface area contributed by atoms with Gasteiger partial charge in [-0.2, -0.15) is 0 Å². The van der Waals surface area contributed by atoms with Crippen LogP contribution < -0.4 is 0 Å². The molecule has 0 aliphatic carbocycles. The van der Waals surface area contributed by atoms with Crippen molar-refractivity contribution in [2.24, 2.45) is 4.99 Å². The Hall–Kier alpha value is -6.52. The fraction of sp³-hybridized carbons (Fsp3) is 0.0435. The number of para-hydroxylation sites is 4. The van der Waals surface area contributed by atoms with Crippen molar-refractivity contribution in [3.63, 3.8) is 0 Å². The van der Waals surface area contributed by atoms with Gasteiger partial charge in [-0.1, -0.05) is 115 Å². The second kappa shape index (κ2) is 11.0. The van der Waals surface area contributed by atoms with Gasteiger partial charge >= 0.3 is 0 Å². The van der Waals surface area contributed by atoms with Gasteiger partial charge in [-0.25, -0.2) is 4.98 Å². The fourth-order valence-electron chi connectivity index (χ4n) is 8.02. The maximum Gasteiger partial charge on any atom is 0.145 e. The normalized spacial score (nSPS) is 15.5. The first-order valence-electron chi connectivity index (χ1n) is 17.1. The van der Waals surface area contributed by atoms with Crippen LogP contribution in [0.5, 0.6) is 0 Å². The lowest BCUT2D eigenvalue weighted by molar-refractivity contribution is 0.794. The van der Waals surface area contributed by atoms with Crippen LogP contribution in [0.15, 0.2) is 181 Å². The number of rotatable bonds is 5. The minimum absolute atomic E-state index is 0.402. The summed E-state index contributed by atoms with van der Waals surface area (Å²) >= 11 is 0. The Morgan fingerprint density at radius 2 is 1.10 bits per heavy atom. The number of imidazole rings is 1. The van der Waals surface area contributed by atoms with Gasteiger partial charge in [0.15, 0.2) is 0 Å². The van der Waals surface area contributed by atoms with Crippen molar-refractivity contribution in [3.05, 3.63) is 193 Å². The number of benzene rings is 7. The maximum atomic E-state index is 5.54. The Morgan fingerprint density at radius 1 is 0.480 bits per heavy atom. The van der Waals surface area contributed by atoms with Crippen LogP contribution in [-0.2, 0) is 5.41 Å². The molecule has 0 saturated carbocycles. The Labute approximate surface area is 290 Å². The van der Waals surface area contributed by atoms with E-state index in [1.165, 1.54) is 21.9 Å². The standard InChI is InChI=1S/C46H32N4/c1-46(33-17-7-3-8-18-33)37-29-30-41-42(43(37)48-44(46)31-15-5-2-6-16-31)36-21-11-13-23-39(36)49(41)35-27-25-32(26-28-35)45-47-38-22-12-14-24-40(38)50(45)34-19-9-4-10-20-34/h2-30H,1H3. The van der Waals surface area contributed by atoms with Crippen molar-refractivity contribution >= 4 is 44.2 Å². The van der Waals surface area contributed by atoms with Crippen molar-refractivity contribution < 1.29 is 0 Å². The zero-order valence-electron chi connectivity index (χ0n) is 27.5. The van der Waals surface area contributed by atoms with Crippen molar-refractivity contribution in [2.75, 3.05) is 0 Å². The number of hydrogen-bond acceptors (Lipinski definition) is 2. The molecule has 0 saturated heterocycles. The third-order valence-corrected chi connectivity index (χ3v) is 10.4. The molecule has 1 atom stereocenters. The molecule has 10 rings (SSSR count). The molecule has 50 heavy (non-hydrogen) atoms. The molecular formula is C46H32N4. The second-order valence-corrected chi connectivity index (χ2v) is 13.2. The van der Waals surface area contributed by atoms with Crippen molar-refractivity contribution in [2.45, 2.75) is 12.3 Å². The number of nitrogens with zero attached hydrogens (tertiary/aromatic N) is 4. The molecule has 3 heterocycles. The van der Waals surface area contributed by atoms with E-state index in [9.17, 15) is 0 Å². The maximum absolute atomic E-state index is 5.54. The highest BCUT2D eigenvalue weighted by molar-refractivity contribution is 6.22. The third-order valence-electron chi connectivity index (χ3n) is 10.4. The lowest BCUT2D eigenvalue weighted by Crippen LogP contribution is -2.31. The van der Waals surface area contributed by atoms with Crippen LogP contribution >= 0.6 is 0 Å². The van der Waals surface area contributed by atoms with Crippen LogP contribution in [0, 0.1) is 0 Å². The van der Waals surface area contributed by atoms with Crippen LogP contribution in [-0.4, -0.2) is 19.8 Å². The Balaban J connectivity index is 1.17. The van der Waals surface area contributed by atoms with Gasteiger partial charge in [0.25, 0.3) is 0 Å². The second-order valence-electron chi connectivity index (χ2n) is 13.2. The molecule has 1 unspecified atom stereocenters. The zero-order valence-corrected chi connectivity index (χ0v) is 27.5. The van der Waals surface area contributed by atoms with Crippen LogP contribution in [0.1, 0.15) is 23.6 Å². The first-order valence-corrected chi connectivity index (χ1v) is 17.1. The first-order chi connectivity index (χ1) is 24.7. The summed E-state index contributed by atoms with van der Waals surface area (Å²) in [5.41, 5.74) is 13.0. The molecule has 0 bridgehead atoms. The molecule has 0 N–H and O–H groups in total. The van der Waals surface area contributed by atoms with Gasteiger partial charge < -0.3 is 4.57 Å². The molecule has 0 fully saturated rings. The Morgan fingerprint density at radius 3 is 1.86 bits per heavy atom. The smallest absolute Gasteiger partial charge is 0.145 e. The molecule has 1 aliphatic rings. The van der Waals surface area contributed by atoms with E-state index in [4.69, 9.17) is 9.98 Å².